The van der Waals surface area contributed by atoms with Crippen molar-refractivity contribution in [3.05, 3.63) is 30.1 Å². The highest BCUT2D eigenvalue weighted by molar-refractivity contribution is 5.47. The Morgan fingerprint density at radius 1 is 1.11 bits per heavy atom. The number of ether oxygens (including phenoxy) is 2. The average Bonchev–Trinajstić information content (AvgIpc) is 2.46. The van der Waals surface area contributed by atoms with Gasteiger partial charge in [-0.1, -0.05) is 12.1 Å². The number of anilines is 1. The second-order valence-corrected chi connectivity index (χ2v) is 4.64. The van der Waals surface area contributed by atoms with Gasteiger partial charge in [0.05, 0.1) is 5.69 Å². The molecular formula is C14H21FN2O2. The van der Waals surface area contributed by atoms with Crippen LogP contribution in [0.5, 0.6) is 0 Å². The molecule has 5 heteroatoms. The van der Waals surface area contributed by atoms with Crippen LogP contribution in [0.15, 0.2) is 24.3 Å². The Morgan fingerprint density at radius 3 is 2.32 bits per heavy atom. The summed E-state index contributed by atoms with van der Waals surface area (Å²) < 4.78 is 24.1. The van der Waals surface area contributed by atoms with Crippen molar-refractivity contribution >= 4 is 5.69 Å². The van der Waals surface area contributed by atoms with E-state index in [1.54, 1.807) is 20.3 Å². The molecule has 1 aliphatic heterocycles. The predicted octanol–water partition coefficient (Wildman–Crippen LogP) is 1.57. The third kappa shape index (κ3) is 3.65. The van der Waals surface area contributed by atoms with Crippen molar-refractivity contribution in [2.45, 2.75) is 6.29 Å². The Balaban J connectivity index is 1.87. The Labute approximate surface area is 113 Å². The van der Waals surface area contributed by atoms with Gasteiger partial charge in [0.2, 0.25) is 0 Å². The van der Waals surface area contributed by atoms with Gasteiger partial charge in [-0.05, 0) is 12.1 Å². The molecule has 0 aromatic heterocycles. The second kappa shape index (κ2) is 6.84. The predicted molar refractivity (Wildman–Crippen MR) is 72.9 cm³/mol. The molecule has 0 N–H and O–H groups in total. The van der Waals surface area contributed by atoms with Crippen LogP contribution in [0.1, 0.15) is 0 Å². The summed E-state index contributed by atoms with van der Waals surface area (Å²) in [5.41, 5.74) is 0.692. The molecule has 0 radical (unpaired) electrons. The van der Waals surface area contributed by atoms with Crippen molar-refractivity contribution in [2.75, 3.05) is 51.8 Å². The van der Waals surface area contributed by atoms with Crippen LogP contribution in [-0.4, -0.2) is 58.1 Å². The highest BCUT2D eigenvalue weighted by Gasteiger charge is 2.21. The maximum Gasteiger partial charge on any atom is 0.169 e. The molecular weight excluding hydrogens is 247 g/mol. The van der Waals surface area contributed by atoms with Crippen molar-refractivity contribution in [1.82, 2.24) is 4.90 Å². The second-order valence-electron chi connectivity index (χ2n) is 4.64. The van der Waals surface area contributed by atoms with Crippen LogP contribution in [0.4, 0.5) is 10.1 Å². The van der Waals surface area contributed by atoms with Crippen LogP contribution in [0, 0.1) is 5.82 Å². The van der Waals surface area contributed by atoms with E-state index in [1.165, 1.54) is 6.07 Å². The van der Waals surface area contributed by atoms with Crippen LogP contribution in [-0.2, 0) is 9.47 Å². The molecule has 1 saturated heterocycles. The van der Waals surface area contributed by atoms with E-state index in [-0.39, 0.29) is 12.1 Å². The minimum atomic E-state index is -0.194. The third-order valence-corrected chi connectivity index (χ3v) is 3.50. The lowest BCUT2D eigenvalue weighted by Gasteiger charge is -2.37. The molecule has 106 valence electrons. The minimum Gasteiger partial charge on any atom is -0.367 e. The van der Waals surface area contributed by atoms with Crippen LogP contribution in [0.25, 0.3) is 0 Å². The smallest absolute Gasteiger partial charge is 0.169 e. The summed E-state index contributed by atoms with van der Waals surface area (Å²) >= 11 is 0. The van der Waals surface area contributed by atoms with Gasteiger partial charge in [0, 0.05) is 46.9 Å². The van der Waals surface area contributed by atoms with Crippen molar-refractivity contribution < 1.29 is 13.9 Å². The van der Waals surface area contributed by atoms with E-state index in [9.17, 15) is 4.39 Å². The molecule has 1 aliphatic rings. The van der Waals surface area contributed by atoms with Gasteiger partial charge in [0.15, 0.2) is 6.29 Å². The van der Waals surface area contributed by atoms with Crippen LogP contribution in [0.3, 0.4) is 0 Å². The zero-order valence-corrected chi connectivity index (χ0v) is 11.5. The van der Waals surface area contributed by atoms with Gasteiger partial charge in [-0.15, -0.1) is 0 Å². The summed E-state index contributed by atoms with van der Waals surface area (Å²) in [5.74, 6) is -0.150. The molecule has 2 rings (SSSR count). The number of hydrogen-bond acceptors (Lipinski definition) is 4. The zero-order chi connectivity index (χ0) is 13.7. The third-order valence-electron chi connectivity index (χ3n) is 3.50. The Hall–Kier alpha value is -1.17. The van der Waals surface area contributed by atoms with E-state index in [4.69, 9.17) is 9.47 Å². The molecule has 0 atom stereocenters. The lowest BCUT2D eigenvalue weighted by atomic mass is 10.2. The van der Waals surface area contributed by atoms with E-state index in [0.717, 1.165) is 32.7 Å². The maximum absolute atomic E-state index is 13.7. The number of rotatable bonds is 5. The van der Waals surface area contributed by atoms with Crippen molar-refractivity contribution in [3.8, 4) is 0 Å². The van der Waals surface area contributed by atoms with Crippen LogP contribution < -0.4 is 4.90 Å². The number of para-hydroxylation sites is 1. The fraction of sp³-hybridized carbons (Fsp3) is 0.571. The van der Waals surface area contributed by atoms with E-state index in [2.05, 4.69) is 9.80 Å². The average molecular weight is 268 g/mol. The van der Waals surface area contributed by atoms with Gasteiger partial charge in [-0.25, -0.2) is 4.39 Å². The number of nitrogens with zero attached hydrogens (tertiary/aromatic N) is 2. The monoisotopic (exact) mass is 268 g/mol. The molecule has 1 aromatic carbocycles. The van der Waals surface area contributed by atoms with E-state index in [1.807, 2.05) is 12.1 Å². The Morgan fingerprint density at radius 2 is 1.74 bits per heavy atom. The molecule has 1 heterocycles. The molecule has 0 unspecified atom stereocenters. The topological polar surface area (TPSA) is 24.9 Å². The summed E-state index contributed by atoms with van der Waals surface area (Å²) in [6.07, 6.45) is -0.194. The number of halogens is 1. The van der Waals surface area contributed by atoms with E-state index in [0.29, 0.717) is 5.69 Å². The van der Waals surface area contributed by atoms with Gasteiger partial charge >= 0.3 is 0 Å². The highest BCUT2D eigenvalue weighted by Crippen LogP contribution is 2.20. The lowest BCUT2D eigenvalue weighted by molar-refractivity contribution is -0.116. The Bertz CT molecular complexity index is 391. The summed E-state index contributed by atoms with van der Waals surface area (Å²) in [4.78, 5) is 4.36. The summed E-state index contributed by atoms with van der Waals surface area (Å²) in [7, 11) is 3.29. The molecule has 1 aromatic rings. The summed E-state index contributed by atoms with van der Waals surface area (Å²) in [6, 6.07) is 6.93. The molecule has 19 heavy (non-hydrogen) atoms. The summed E-state index contributed by atoms with van der Waals surface area (Å²) in [5, 5.41) is 0. The van der Waals surface area contributed by atoms with Crippen LogP contribution >= 0.6 is 0 Å². The molecule has 0 aliphatic carbocycles. The van der Waals surface area contributed by atoms with Crippen molar-refractivity contribution in [2.24, 2.45) is 0 Å². The lowest BCUT2D eigenvalue weighted by Crippen LogP contribution is -2.49. The fourth-order valence-electron chi connectivity index (χ4n) is 2.34. The first-order chi connectivity index (χ1) is 9.24. The molecule has 4 nitrogen and oxygen atoms in total. The first kappa shape index (κ1) is 14.2. The summed E-state index contributed by atoms with van der Waals surface area (Å²) in [6.45, 7) is 4.16. The molecule has 0 amide bonds. The van der Waals surface area contributed by atoms with Crippen molar-refractivity contribution in [3.63, 3.8) is 0 Å². The van der Waals surface area contributed by atoms with Gasteiger partial charge < -0.3 is 14.4 Å². The van der Waals surface area contributed by atoms with E-state index < -0.39 is 0 Å². The molecule has 1 fully saturated rings. The quantitative estimate of drug-likeness (QED) is 0.757. The number of benzene rings is 1. The Kier molecular flexibility index (Phi) is 5.13. The number of hydrogen-bond donors (Lipinski definition) is 0. The first-order valence-corrected chi connectivity index (χ1v) is 6.52. The first-order valence-electron chi connectivity index (χ1n) is 6.52. The molecule has 0 bridgehead atoms. The normalized spacial score (nSPS) is 17.2. The van der Waals surface area contributed by atoms with Gasteiger partial charge in [0.1, 0.15) is 5.82 Å². The van der Waals surface area contributed by atoms with E-state index >= 15 is 0 Å². The van der Waals surface area contributed by atoms with Gasteiger partial charge in [-0.2, -0.15) is 0 Å². The highest BCUT2D eigenvalue weighted by atomic mass is 19.1. The van der Waals surface area contributed by atoms with Gasteiger partial charge in [-0.3, -0.25) is 4.90 Å². The molecule has 0 saturated carbocycles. The largest absolute Gasteiger partial charge is 0.367 e. The van der Waals surface area contributed by atoms with Gasteiger partial charge in [0.25, 0.3) is 0 Å². The van der Waals surface area contributed by atoms with Crippen molar-refractivity contribution in [1.29, 1.82) is 0 Å². The maximum atomic E-state index is 13.7. The molecule has 0 spiro atoms. The zero-order valence-electron chi connectivity index (χ0n) is 11.5. The minimum absolute atomic E-state index is 0.150. The number of piperazine rings is 1. The SMILES string of the molecule is COC(CN1CCN(c2ccccc2F)CC1)OC. The standard InChI is InChI=1S/C14H21FN2O2/c1-18-14(19-2)11-16-7-9-17(10-8-16)13-6-4-3-5-12(13)15/h3-6,14H,7-11H2,1-2H3. The fourth-order valence-corrected chi connectivity index (χ4v) is 2.34. The van der Waals surface area contributed by atoms with Crippen LogP contribution in [0.2, 0.25) is 0 Å². The number of methoxy groups -OCH3 is 2.